The Morgan fingerprint density at radius 1 is 1.25 bits per heavy atom. The summed E-state index contributed by atoms with van der Waals surface area (Å²) in [6, 6.07) is 5.77. The molecule has 0 heterocycles. The Morgan fingerprint density at radius 2 is 1.91 bits per heavy atom. The molecule has 1 aromatic carbocycles. The zero-order valence-corrected chi connectivity index (χ0v) is 21.5. The highest BCUT2D eigenvalue weighted by molar-refractivity contribution is 8.02. The van der Waals surface area contributed by atoms with Gasteiger partial charge in [0.25, 0.3) is 0 Å². The molecule has 1 rings (SSSR count). The number of hydrogen-bond acceptors (Lipinski definition) is 4. The average Bonchev–Trinajstić information content (AvgIpc) is 2.77. The number of amides is 1. The maximum atomic E-state index is 13.5. The highest BCUT2D eigenvalue weighted by Crippen LogP contribution is 2.19. The van der Waals surface area contributed by atoms with Gasteiger partial charge in [-0.05, 0) is 55.6 Å². The highest BCUT2D eigenvalue weighted by atomic mass is 32.2. The van der Waals surface area contributed by atoms with Crippen LogP contribution in [0.5, 0.6) is 0 Å². The zero-order valence-electron chi connectivity index (χ0n) is 20.6. The summed E-state index contributed by atoms with van der Waals surface area (Å²) in [4.78, 5) is 12.3. The standard InChI is InChI=1S/C24H34FN3OS.C2H6/c1-6-18(15-30-8-3)13-22(29)28-17(5)12-16(4)23(26)21(7-2)24(27)19-10-9-11-20(25)14-19;1-2/h9-12,14-15,17,27H,6-8,13,26H2,1-5H3,(H,28,29);1-2H3/b16-12-,18-15+,23-21-,27-24?;. The molecule has 4 nitrogen and oxygen atoms in total. The highest BCUT2D eigenvalue weighted by Gasteiger charge is 2.14. The van der Waals surface area contributed by atoms with E-state index in [9.17, 15) is 9.18 Å². The van der Waals surface area contributed by atoms with Gasteiger partial charge in [-0.15, -0.1) is 11.8 Å². The number of thioether (sulfide) groups is 1. The van der Waals surface area contributed by atoms with E-state index in [1.165, 1.54) is 12.1 Å². The van der Waals surface area contributed by atoms with Crippen molar-refractivity contribution in [1.82, 2.24) is 5.32 Å². The van der Waals surface area contributed by atoms with Crippen LogP contribution in [0, 0.1) is 11.2 Å². The van der Waals surface area contributed by atoms with Crippen molar-refractivity contribution in [2.45, 2.75) is 73.8 Å². The Bertz CT molecular complexity index is 843. The molecule has 0 bridgehead atoms. The Kier molecular flexibility index (Phi) is 15.1. The van der Waals surface area contributed by atoms with Gasteiger partial charge in [0.2, 0.25) is 5.91 Å². The van der Waals surface area contributed by atoms with Crippen molar-refractivity contribution in [3.63, 3.8) is 0 Å². The fourth-order valence-electron chi connectivity index (χ4n) is 3.03. The van der Waals surface area contributed by atoms with Gasteiger partial charge in [-0.1, -0.05) is 58.4 Å². The van der Waals surface area contributed by atoms with Crippen LogP contribution in [0.25, 0.3) is 0 Å². The summed E-state index contributed by atoms with van der Waals surface area (Å²) in [6.45, 7) is 13.8. The summed E-state index contributed by atoms with van der Waals surface area (Å²) >= 11 is 1.70. The molecule has 0 fully saturated rings. The van der Waals surface area contributed by atoms with Crippen molar-refractivity contribution in [2.24, 2.45) is 5.73 Å². The summed E-state index contributed by atoms with van der Waals surface area (Å²) in [5, 5.41) is 13.5. The molecule has 0 aliphatic heterocycles. The first-order valence-electron chi connectivity index (χ1n) is 11.3. The molecule has 0 aliphatic rings. The van der Waals surface area contributed by atoms with E-state index in [0.29, 0.717) is 29.7 Å². The van der Waals surface area contributed by atoms with Gasteiger partial charge in [0, 0.05) is 29.3 Å². The van der Waals surface area contributed by atoms with Crippen molar-refractivity contribution in [3.8, 4) is 0 Å². The predicted octanol–water partition coefficient (Wildman–Crippen LogP) is 6.73. The van der Waals surface area contributed by atoms with E-state index in [2.05, 4.69) is 17.6 Å². The van der Waals surface area contributed by atoms with Gasteiger partial charge in [-0.2, -0.15) is 0 Å². The second-order valence-corrected chi connectivity index (χ2v) is 8.25. The van der Waals surface area contributed by atoms with Crippen LogP contribution >= 0.6 is 11.8 Å². The van der Waals surface area contributed by atoms with Gasteiger partial charge in [0.1, 0.15) is 5.82 Å². The van der Waals surface area contributed by atoms with Crippen molar-refractivity contribution < 1.29 is 9.18 Å². The van der Waals surface area contributed by atoms with E-state index >= 15 is 0 Å². The van der Waals surface area contributed by atoms with Crippen LogP contribution in [0.15, 0.2) is 58.2 Å². The molecule has 4 N–H and O–H groups in total. The first-order valence-corrected chi connectivity index (χ1v) is 12.4. The molecule has 1 atom stereocenters. The maximum Gasteiger partial charge on any atom is 0.224 e. The van der Waals surface area contributed by atoms with E-state index in [0.717, 1.165) is 23.3 Å². The van der Waals surface area contributed by atoms with Crippen LogP contribution in [-0.2, 0) is 4.79 Å². The number of carbonyl (C=O) groups is 1. The van der Waals surface area contributed by atoms with E-state index in [-0.39, 0.29) is 23.5 Å². The zero-order chi connectivity index (χ0) is 24.7. The normalized spacial score (nSPS) is 13.5. The van der Waals surface area contributed by atoms with Gasteiger partial charge >= 0.3 is 0 Å². The molecule has 1 amide bonds. The number of nitrogens with two attached hydrogens (primary N) is 1. The lowest BCUT2D eigenvalue weighted by Crippen LogP contribution is -2.31. The fourth-order valence-corrected chi connectivity index (χ4v) is 3.68. The summed E-state index contributed by atoms with van der Waals surface area (Å²) in [7, 11) is 0. The quantitative estimate of drug-likeness (QED) is 0.252. The molecule has 0 saturated heterocycles. The Labute approximate surface area is 198 Å². The van der Waals surface area contributed by atoms with Gasteiger partial charge in [-0.3, -0.25) is 10.2 Å². The van der Waals surface area contributed by atoms with Gasteiger partial charge < -0.3 is 11.1 Å². The predicted molar refractivity (Wildman–Crippen MR) is 139 cm³/mol. The smallest absolute Gasteiger partial charge is 0.224 e. The number of hydrogen-bond donors (Lipinski definition) is 3. The molecule has 0 saturated carbocycles. The Balaban J connectivity index is 0.00000466. The lowest BCUT2D eigenvalue weighted by molar-refractivity contribution is -0.120. The van der Waals surface area contributed by atoms with Crippen molar-refractivity contribution >= 4 is 23.4 Å². The van der Waals surface area contributed by atoms with Crippen molar-refractivity contribution in [2.75, 3.05) is 5.75 Å². The minimum absolute atomic E-state index is 0.0258. The number of nitrogens with one attached hydrogen (secondary N) is 2. The van der Waals surface area contributed by atoms with Crippen LogP contribution in [0.4, 0.5) is 4.39 Å². The van der Waals surface area contributed by atoms with Crippen LogP contribution in [-0.4, -0.2) is 23.4 Å². The molecular formula is C26H40FN3OS. The maximum absolute atomic E-state index is 13.5. The number of rotatable bonds is 11. The average molecular weight is 462 g/mol. The van der Waals surface area contributed by atoms with Crippen LogP contribution in [0.2, 0.25) is 0 Å². The Hall–Kier alpha value is -2.34. The fraction of sp³-hybridized carbons (Fsp3) is 0.462. The van der Waals surface area contributed by atoms with E-state index < -0.39 is 0 Å². The molecule has 0 aromatic heterocycles. The molecule has 32 heavy (non-hydrogen) atoms. The number of benzene rings is 1. The topological polar surface area (TPSA) is 79.0 Å². The molecule has 178 valence electrons. The third kappa shape index (κ3) is 10.3. The molecule has 6 heteroatoms. The van der Waals surface area contributed by atoms with Gasteiger partial charge in [0.05, 0.1) is 5.71 Å². The van der Waals surface area contributed by atoms with Crippen LogP contribution in [0.1, 0.15) is 73.3 Å². The largest absolute Gasteiger partial charge is 0.398 e. The second-order valence-electron chi connectivity index (χ2n) is 7.10. The number of allylic oxidation sites excluding steroid dienone is 2. The van der Waals surface area contributed by atoms with E-state index in [4.69, 9.17) is 11.1 Å². The molecule has 0 radical (unpaired) electrons. The lowest BCUT2D eigenvalue weighted by Gasteiger charge is -2.16. The number of carbonyl (C=O) groups excluding carboxylic acids is 1. The van der Waals surface area contributed by atoms with Gasteiger partial charge in [-0.25, -0.2) is 4.39 Å². The summed E-state index contributed by atoms with van der Waals surface area (Å²) in [5.74, 6) is 0.578. The van der Waals surface area contributed by atoms with Crippen molar-refractivity contribution in [3.05, 3.63) is 69.5 Å². The summed E-state index contributed by atoms with van der Waals surface area (Å²) < 4.78 is 13.5. The Morgan fingerprint density at radius 3 is 2.44 bits per heavy atom. The molecule has 0 spiro atoms. The first-order chi connectivity index (χ1) is 15.2. The molecule has 0 aliphatic carbocycles. The van der Waals surface area contributed by atoms with Crippen molar-refractivity contribution in [1.29, 1.82) is 5.41 Å². The second kappa shape index (κ2) is 16.3. The monoisotopic (exact) mass is 461 g/mol. The molecule has 1 unspecified atom stereocenters. The first kappa shape index (κ1) is 29.7. The van der Waals surface area contributed by atoms with Gasteiger partial charge in [0.15, 0.2) is 0 Å². The van der Waals surface area contributed by atoms with Crippen LogP contribution in [0.3, 0.4) is 0 Å². The minimum Gasteiger partial charge on any atom is -0.398 e. The minimum atomic E-state index is -0.382. The third-order valence-electron chi connectivity index (χ3n) is 4.67. The molecular weight excluding hydrogens is 421 g/mol. The summed E-state index contributed by atoms with van der Waals surface area (Å²) in [6.07, 6.45) is 3.67. The summed E-state index contributed by atoms with van der Waals surface area (Å²) in [5.41, 5.74) is 10.1. The third-order valence-corrected chi connectivity index (χ3v) is 5.50. The van der Waals surface area contributed by atoms with E-state index in [1.807, 2.05) is 47.6 Å². The number of halogens is 1. The van der Waals surface area contributed by atoms with Crippen LogP contribution < -0.4 is 11.1 Å². The molecule has 1 aromatic rings. The SMILES string of the molecule is CC.CCS/C=C(\CC)CC(=O)NC(C)/C=C(C)\C(N)=C(/CC)C(=N)c1cccc(F)c1. The van der Waals surface area contributed by atoms with E-state index in [1.54, 1.807) is 23.9 Å². The lowest BCUT2D eigenvalue weighted by atomic mass is 9.95.